The number of nitrogens with zero attached hydrogens (tertiary/aromatic N) is 2. The maximum absolute atomic E-state index is 12.2. The van der Waals surface area contributed by atoms with Crippen LogP contribution in [-0.4, -0.2) is 73.2 Å². The normalized spacial score (nSPS) is 26.2. The van der Waals surface area contributed by atoms with Crippen LogP contribution in [0.25, 0.3) is 0 Å². The first-order valence-electron chi connectivity index (χ1n) is 6.18. The largest absolute Gasteiger partial charge is 0.481 e. The highest BCUT2D eigenvalue weighted by Crippen LogP contribution is 2.14. The third-order valence-corrected chi connectivity index (χ3v) is 3.41. The number of hydrogen-bond donors (Lipinski definition) is 1. The highest BCUT2D eigenvalue weighted by atomic mass is 16.5. The van der Waals surface area contributed by atoms with E-state index < -0.39 is 11.9 Å². The van der Waals surface area contributed by atoms with Gasteiger partial charge >= 0.3 is 5.97 Å². The van der Waals surface area contributed by atoms with Gasteiger partial charge in [-0.2, -0.15) is 0 Å². The Hall–Kier alpha value is -1.14. The topological polar surface area (TPSA) is 70.1 Å². The molecule has 0 bridgehead atoms. The minimum absolute atomic E-state index is 0.00245. The van der Waals surface area contributed by atoms with Crippen molar-refractivity contribution in [2.24, 2.45) is 5.92 Å². The highest BCUT2D eigenvalue weighted by molar-refractivity contribution is 5.83. The summed E-state index contributed by atoms with van der Waals surface area (Å²) in [5.74, 6) is -1.37. The summed E-state index contributed by atoms with van der Waals surface area (Å²) in [4.78, 5) is 26.8. The van der Waals surface area contributed by atoms with Crippen molar-refractivity contribution in [3.63, 3.8) is 0 Å². The van der Waals surface area contributed by atoms with Crippen LogP contribution in [0.3, 0.4) is 0 Å². The molecule has 1 aliphatic heterocycles. The van der Waals surface area contributed by atoms with Gasteiger partial charge in [0.25, 0.3) is 0 Å². The number of likely N-dealkylation sites (N-methyl/N-ethyl adjacent to an activating group) is 1. The van der Waals surface area contributed by atoms with Crippen molar-refractivity contribution in [2.75, 3.05) is 40.4 Å². The summed E-state index contributed by atoms with van der Waals surface area (Å²) in [5, 5.41) is 9.15. The molecule has 1 amide bonds. The molecular weight excluding hydrogens is 236 g/mol. The Morgan fingerprint density at radius 1 is 1.50 bits per heavy atom. The van der Waals surface area contributed by atoms with Crippen LogP contribution in [-0.2, 0) is 14.3 Å². The van der Waals surface area contributed by atoms with Crippen molar-refractivity contribution in [1.82, 2.24) is 9.80 Å². The van der Waals surface area contributed by atoms with Gasteiger partial charge in [0, 0.05) is 33.4 Å². The molecule has 1 rings (SSSR count). The van der Waals surface area contributed by atoms with E-state index in [1.165, 1.54) is 0 Å². The van der Waals surface area contributed by atoms with Gasteiger partial charge in [-0.3, -0.25) is 14.5 Å². The third-order valence-electron chi connectivity index (χ3n) is 3.41. The van der Waals surface area contributed by atoms with Crippen molar-refractivity contribution in [2.45, 2.75) is 19.4 Å². The van der Waals surface area contributed by atoms with Gasteiger partial charge < -0.3 is 14.7 Å². The Labute approximate surface area is 107 Å². The molecule has 0 aromatic rings. The summed E-state index contributed by atoms with van der Waals surface area (Å²) >= 11 is 0. The van der Waals surface area contributed by atoms with Crippen molar-refractivity contribution in [3.05, 3.63) is 0 Å². The van der Waals surface area contributed by atoms with Crippen LogP contribution < -0.4 is 0 Å². The minimum atomic E-state index is -0.847. The van der Waals surface area contributed by atoms with Gasteiger partial charge in [-0.25, -0.2) is 0 Å². The Morgan fingerprint density at radius 3 is 2.72 bits per heavy atom. The fourth-order valence-corrected chi connectivity index (χ4v) is 2.13. The maximum Gasteiger partial charge on any atom is 0.309 e. The molecule has 0 aromatic heterocycles. The number of hydrogen-bond acceptors (Lipinski definition) is 4. The molecule has 0 aliphatic carbocycles. The van der Waals surface area contributed by atoms with Crippen LogP contribution in [0.15, 0.2) is 0 Å². The lowest BCUT2D eigenvalue weighted by molar-refractivity contribution is -0.142. The molecule has 0 aromatic carbocycles. The molecule has 1 saturated heterocycles. The lowest BCUT2D eigenvalue weighted by atomic mass is 10.1. The second-order valence-electron chi connectivity index (χ2n) is 4.78. The van der Waals surface area contributed by atoms with Crippen molar-refractivity contribution in [3.8, 4) is 0 Å². The Morgan fingerprint density at radius 2 is 2.17 bits per heavy atom. The van der Waals surface area contributed by atoms with E-state index in [-0.39, 0.29) is 18.5 Å². The minimum Gasteiger partial charge on any atom is -0.481 e. The molecule has 1 aliphatic rings. The molecule has 2 atom stereocenters. The summed E-state index contributed by atoms with van der Waals surface area (Å²) in [7, 11) is 3.40. The molecule has 0 radical (unpaired) electrons. The molecule has 104 valence electrons. The van der Waals surface area contributed by atoms with Gasteiger partial charge in [-0.05, 0) is 20.4 Å². The monoisotopic (exact) mass is 258 g/mol. The van der Waals surface area contributed by atoms with Gasteiger partial charge in [0.05, 0.1) is 12.0 Å². The van der Waals surface area contributed by atoms with Crippen LogP contribution in [0.1, 0.15) is 13.3 Å². The maximum atomic E-state index is 12.2. The zero-order valence-electron chi connectivity index (χ0n) is 11.3. The molecule has 18 heavy (non-hydrogen) atoms. The van der Waals surface area contributed by atoms with E-state index in [1.807, 2.05) is 6.92 Å². The summed E-state index contributed by atoms with van der Waals surface area (Å²) in [6.07, 6.45) is 0.727. The van der Waals surface area contributed by atoms with Crippen molar-refractivity contribution >= 4 is 11.9 Å². The second kappa shape index (κ2) is 6.70. The first-order valence-corrected chi connectivity index (χ1v) is 6.18. The SMILES string of the molecule is COCCCN1CC(C(=O)O)CN(C)C(C)C1=O. The number of methoxy groups -OCH3 is 1. The number of carboxylic acids is 1. The van der Waals surface area contributed by atoms with Crippen LogP contribution >= 0.6 is 0 Å². The number of ether oxygens (including phenoxy) is 1. The lowest BCUT2D eigenvalue weighted by Crippen LogP contribution is -2.43. The van der Waals surface area contributed by atoms with Crippen LogP contribution in [0.5, 0.6) is 0 Å². The zero-order valence-corrected chi connectivity index (χ0v) is 11.3. The predicted molar refractivity (Wildman–Crippen MR) is 66.3 cm³/mol. The number of carbonyl (C=O) groups excluding carboxylic acids is 1. The van der Waals surface area contributed by atoms with E-state index in [2.05, 4.69) is 0 Å². The molecule has 6 heteroatoms. The lowest BCUT2D eigenvalue weighted by Gasteiger charge is -2.25. The second-order valence-corrected chi connectivity index (χ2v) is 4.78. The zero-order chi connectivity index (χ0) is 13.7. The molecule has 2 unspecified atom stereocenters. The Bertz CT molecular complexity index is 308. The van der Waals surface area contributed by atoms with Gasteiger partial charge in [-0.15, -0.1) is 0 Å². The van der Waals surface area contributed by atoms with Crippen LogP contribution in [0.2, 0.25) is 0 Å². The van der Waals surface area contributed by atoms with E-state index in [0.29, 0.717) is 19.7 Å². The first-order chi connectivity index (χ1) is 8.47. The predicted octanol–water partition coefficient (Wildman–Crippen LogP) is -0.114. The first kappa shape index (κ1) is 14.9. The molecule has 1 N–H and O–H groups in total. The molecule has 0 spiro atoms. The van der Waals surface area contributed by atoms with Crippen molar-refractivity contribution in [1.29, 1.82) is 0 Å². The van der Waals surface area contributed by atoms with Crippen molar-refractivity contribution < 1.29 is 19.4 Å². The average Bonchev–Trinajstić information content (AvgIpc) is 2.43. The molecule has 1 fully saturated rings. The van der Waals surface area contributed by atoms with Gasteiger partial charge in [-0.1, -0.05) is 0 Å². The molecular formula is C12H22N2O4. The Balaban J connectivity index is 2.72. The number of rotatable bonds is 5. The summed E-state index contributed by atoms with van der Waals surface area (Å²) in [6.45, 7) is 3.63. The number of aliphatic carboxylic acids is 1. The van der Waals surface area contributed by atoms with Gasteiger partial charge in [0.2, 0.25) is 5.91 Å². The van der Waals surface area contributed by atoms with E-state index in [9.17, 15) is 9.59 Å². The Kier molecular flexibility index (Phi) is 5.55. The summed E-state index contributed by atoms with van der Waals surface area (Å²) in [6, 6.07) is -0.267. The number of carbonyl (C=O) groups is 2. The molecule has 6 nitrogen and oxygen atoms in total. The number of carboxylic acid groups (broad SMARTS) is 1. The van der Waals surface area contributed by atoms with E-state index in [0.717, 1.165) is 6.42 Å². The van der Waals surface area contributed by atoms with E-state index in [1.54, 1.807) is 24.0 Å². The highest BCUT2D eigenvalue weighted by Gasteiger charge is 2.34. The fourth-order valence-electron chi connectivity index (χ4n) is 2.13. The molecule has 1 heterocycles. The quantitative estimate of drug-likeness (QED) is 0.697. The van der Waals surface area contributed by atoms with E-state index >= 15 is 0 Å². The molecule has 0 saturated carbocycles. The van der Waals surface area contributed by atoms with Gasteiger partial charge in [0.15, 0.2) is 0 Å². The number of amides is 1. The van der Waals surface area contributed by atoms with Crippen LogP contribution in [0.4, 0.5) is 0 Å². The summed E-state index contributed by atoms with van der Waals surface area (Å²) in [5.41, 5.74) is 0. The fraction of sp³-hybridized carbons (Fsp3) is 0.833. The smallest absolute Gasteiger partial charge is 0.309 e. The van der Waals surface area contributed by atoms with E-state index in [4.69, 9.17) is 9.84 Å². The standard InChI is InChI=1S/C12H22N2O4/c1-9-11(15)14(5-4-6-18-3)8-10(12(16)17)7-13(9)2/h9-10H,4-8H2,1-3H3,(H,16,17). The average molecular weight is 258 g/mol. The summed E-state index contributed by atoms with van der Waals surface area (Å²) < 4.78 is 4.96. The van der Waals surface area contributed by atoms with Gasteiger partial charge in [0.1, 0.15) is 0 Å². The third kappa shape index (κ3) is 3.68. The van der Waals surface area contributed by atoms with Crippen LogP contribution in [0, 0.1) is 5.92 Å².